The Hall–Kier alpha value is -3.93. The summed E-state index contributed by atoms with van der Waals surface area (Å²) in [4.78, 5) is 39.7. The number of amides is 1. The fourth-order valence-corrected chi connectivity index (χ4v) is 6.73. The minimum absolute atomic E-state index is 0.0241. The molecule has 232 valence electrons. The highest BCUT2D eigenvalue weighted by atomic mass is 28.4. The second-order valence-corrected chi connectivity index (χ2v) is 17.5. The Morgan fingerprint density at radius 1 is 0.977 bits per heavy atom. The number of carbonyl (C=O) groups is 2. The van der Waals surface area contributed by atoms with Crippen molar-refractivity contribution in [3.8, 4) is 0 Å². The number of esters is 1. The van der Waals surface area contributed by atoms with Crippen molar-refractivity contribution in [3.05, 3.63) is 84.4 Å². The fourth-order valence-electron chi connectivity index (χ4n) is 5.36. The Labute approximate surface area is 259 Å². The van der Waals surface area contributed by atoms with Crippen LogP contribution in [0.1, 0.15) is 68.1 Å². The van der Waals surface area contributed by atoms with Gasteiger partial charge in [0.1, 0.15) is 12.4 Å². The van der Waals surface area contributed by atoms with E-state index in [1.807, 2.05) is 53.1 Å². The van der Waals surface area contributed by atoms with Gasteiger partial charge in [0.2, 0.25) is 0 Å². The summed E-state index contributed by atoms with van der Waals surface area (Å²) in [7, 11) is -0.708. The second-order valence-electron chi connectivity index (χ2n) is 12.7. The Balaban J connectivity index is 1.40. The highest BCUT2D eigenvalue weighted by Gasteiger charge is 2.44. The Kier molecular flexibility index (Phi) is 9.28. The van der Waals surface area contributed by atoms with Gasteiger partial charge in [-0.25, -0.2) is 19.7 Å². The van der Waals surface area contributed by atoms with E-state index in [0.717, 1.165) is 5.56 Å². The summed E-state index contributed by atoms with van der Waals surface area (Å²) in [6.07, 6.45) is 3.64. The third-order valence-electron chi connectivity index (χ3n) is 8.78. The molecular formula is C33H41N5O5Si. The SMILES string of the molecule is CO[C@@H](C(=O)O[C@@H]1CC[C@@H](n2cnc3c(NC(=O)c4ccccc4)ncnc32)[C@H](O[Si](C)(C)C(C)(C)C)C1)c1ccccc1. The van der Waals surface area contributed by atoms with Crippen molar-refractivity contribution < 1.29 is 23.5 Å². The molecule has 4 atom stereocenters. The lowest BCUT2D eigenvalue weighted by Gasteiger charge is -2.44. The lowest BCUT2D eigenvalue weighted by molar-refractivity contribution is -0.165. The number of aromatic nitrogens is 4. The molecule has 1 saturated carbocycles. The maximum absolute atomic E-state index is 13.3. The van der Waals surface area contributed by atoms with Crippen LogP contribution >= 0.6 is 0 Å². The van der Waals surface area contributed by atoms with Gasteiger partial charge in [0, 0.05) is 19.1 Å². The number of rotatable bonds is 9. The Bertz CT molecular complexity index is 1590. The first kappa shape index (κ1) is 31.5. The first-order valence-electron chi connectivity index (χ1n) is 15.0. The van der Waals surface area contributed by atoms with Crippen LogP contribution in [0.5, 0.6) is 0 Å². The number of nitrogens with one attached hydrogen (secondary N) is 1. The Morgan fingerprint density at radius 2 is 1.66 bits per heavy atom. The summed E-state index contributed by atoms with van der Waals surface area (Å²) in [5.41, 5.74) is 2.39. The van der Waals surface area contributed by atoms with Crippen LogP contribution in [0.25, 0.3) is 11.2 Å². The number of hydrogen-bond acceptors (Lipinski definition) is 8. The summed E-state index contributed by atoms with van der Waals surface area (Å²) in [5, 5.41) is 2.86. The largest absolute Gasteiger partial charge is 0.460 e. The van der Waals surface area contributed by atoms with Gasteiger partial charge >= 0.3 is 5.97 Å². The molecular weight excluding hydrogens is 574 g/mol. The summed E-state index contributed by atoms with van der Waals surface area (Å²) in [5.74, 6) is -0.335. The van der Waals surface area contributed by atoms with Crippen molar-refractivity contribution in [3.63, 3.8) is 0 Å². The van der Waals surface area contributed by atoms with Crippen LogP contribution in [-0.4, -0.2) is 59.0 Å². The molecule has 1 aliphatic carbocycles. The number of carbonyl (C=O) groups excluding carboxylic acids is 2. The van der Waals surface area contributed by atoms with Crippen LogP contribution < -0.4 is 5.32 Å². The molecule has 0 unspecified atom stereocenters. The maximum atomic E-state index is 13.3. The second kappa shape index (κ2) is 13.0. The molecule has 2 aromatic carbocycles. The van der Waals surface area contributed by atoms with Gasteiger partial charge in [-0.2, -0.15) is 0 Å². The van der Waals surface area contributed by atoms with E-state index in [1.54, 1.807) is 18.5 Å². The minimum Gasteiger partial charge on any atom is -0.460 e. The maximum Gasteiger partial charge on any atom is 0.340 e. The molecule has 2 aromatic heterocycles. The predicted octanol–water partition coefficient (Wildman–Crippen LogP) is 6.49. The minimum atomic E-state index is -2.22. The lowest BCUT2D eigenvalue weighted by Crippen LogP contribution is -2.49. The molecule has 0 saturated heterocycles. The van der Waals surface area contributed by atoms with E-state index in [9.17, 15) is 9.59 Å². The highest BCUT2D eigenvalue weighted by molar-refractivity contribution is 6.74. The first-order chi connectivity index (χ1) is 21.0. The van der Waals surface area contributed by atoms with Crippen LogP contribution in [0.15, 0.2) is 73.3 Å². The zero-order chi connectivity index (χ0) is 31.5. The molecule has 1 fully saturated rings. The molecule has 1 N–H and O–H groups in total. The fraction of sp³-hybridized carbons (Fsp3) is 0.424. The van der Waals surface area contributed by atoms with Gasteiger partial charge < -0.3 is 23.8 Å². The zero-order valence-corrected chi connectivity index (χ0v) is 27.2. The van der Waals surface area contributed by atoms with Crippen molar-refractivity contribution >= 4 is 37.2 Å². The van der Waals surface area contributed by atoms with Gasteiger partial charge in [0.25, 0.3) is 5.91 Å². The monoisotopic (exact) mass is 615 g/mol. The van der Waals surface area contributed by atoms with E-state index in [1.165, 1.54) is 13.4 Å². The van der Waals surface area contributed by atoms with Crippen molar-refractivity contribution in [2.45, 2.75) is 82.5 Å². The van der Waals surface area contributed by atoms with Crippen molar-refractivity contribution in [1.82, 2.24) is 19.5 Å². The van der Waals surface area contributed by atoms with Crippen molar-refractivity contribution in [1.29, 1.82) is 0 Å². The van der Waals surface area contributed by atoms with Gasteiger partial charge in [0.15, 0.2) is 31.4 Å². The van der Waals surface area contributed by atoms with Crippen LogP contribution in [0, 0.1) is 0 Å². The van der Waals surface area contributed by atoms with E-state index in [2.05, 4.69) is 54.1 Å². The highest BCUT2D eigenvalue weighted by Crippen LogP contribution is 2.42. The van der Waals surface area contributed by atoms with E-state index in [4.69, 9.17) is 13.9 Å². The summed E-state index contributed by atoms with van der Waals surface area (Å²) < 4.78 is 20.6. The number of anilines is 1. The number of nitrogens with zero attached hydrogens (tertiary/aromatic N) is 4. The quantitative estimate of drug-likeness (QED) is 0.168. The number of imidazole rings is 1. The molecule has 1 amide bonds. The normalized spacial score (nSPS) is 19.8. The molecule has 0 spiro atoms. The average molecular weight is 616 g/mol. The smallest absolute Gasteiger partial charge is 0.340 e. The number of fused-ring (bicyclic) bond motifs is 1. The molecule has 0 bridgehead atoms. The zero-order valence-electron chi connectivity index (χ0n) is 26.2. The number of benzene rings is 2. The van der Waals surface area contributed by atoms with Gasteiger partial charge in [-0.05, 0) is 48.7 Å². The Morgan fingerprint density at radius 3 is 2.32 bits per heavy atom. The topological polar surface area (TPSA) is 117 Å². The molecule has 1 aliphatic rings. The van der Waals surface area contributed by atoms with Gasteiger partial charge in [-0.15, -0.1) is 0 Å². The predicted molar refractivity (Wildman–Crippen MR) is 171 cm³/mol. The van der Waals surface area contributed by atoms with Gasteiger partial charge in [-0.1, -0.05) is 69.3 Å². The van der Waals surface area contributed by atoms with Crippen LogP contribution in [0.2, 0.25) is 18.1 Å². The number of ether oxygens (including phenoxy) is 2. The number of methoxy groups -OCH3 is 1. The van der Waals surface area contributed by atoms with E-state index in [0.29, 0.717) is 41.8 Å². The van der Waals surface area contributed by atoms with Crippen molar-refractivity contribution in [2.24, 2.45) is 0 Å². The molecule has 11 heteroatoms. The standard InChI is InChI=1S/C33H41N5O5Si/c1-33(2,3)44(5,6)43-26-19-24(42-32(40)28(41-4)22-13-9-7-10-14-22)17-18-25(26)38-21-36-27-29(34-20-35-30(27)38)37-31(39)23-15-11-8-12-16-23/h7-16,20-21,24-26,28H,17-19H2,1-6H3,(H,34,35,37,39)/t24-,25-,26-,28-/m1/s1. The number of hydrogen-bond donors (Lipinski definition) is 1. The summed E-state index contributed by atoms with van der Waals surface area (Å²) >= 11 is 0. The van der Waals surface area contributed by atoms with Crippen LogP contribution in [0.3, 0.4) is 0 Å². The average Bonchev–Trinajstić information content (AvgIpc) is 3.43. The van der Waals surface area contributed by atoms with Gasteiger partial charge in [0.05, 0.1) is 18.5 Å². The lowest BCUT2D eigenvalue weighted by atomic mass is 9.90. The summed E-state index contributed by atoms with van der Waals surface area (Å²) in [6.45, 7) is 11.1. The summed E-state index contributed by atoms with van der Waals surface area (Å²) in [6, 6.07) is 18.2. The molecule has 44 heavy (non-hydrogen) atoms. The third-order valence-corrected chi connectivity index (χ3v) is 13.3. The molecule has 4 aromatic rings. The molecule has 2 heterocycles. The van der Waals surface area contributed by atoms with Crippen LogP contribution in [0.4, 0.5) is 5.82 Å². The van der Waals surface area contributed by atoms with E-state index < -0.39 is 20.4 Å². The third kappa shape index (κ3) is 6.74. The first-order valence-corrected chi connectivity index (χ1v) is 17.9. The molecule has 0 radical (unpaired) electrons. The van der Waals surface area contributed by atoms with E-state index in [-0.39, 0.29) is 29.2 Å². The molecule has 10 nitrogen and oxygen atoms in total. The van der Waals surface area contributed by atoms with Crippen molar-refractivity contribution in [2.75, 3.05) is 12.4 Å². The van der Waals surface area contributed by atoms with Gasteiger partial charge in [-0.3, -0.25) is 4.79 Å². The van der Waals surface area contributed by atoms with Crippen LogP contribution in [-0.2, 0) is 18.7 Å². The molecule has 0 aliphatic heterocycles. The van der Waals surface area contributed by atoms with E-state index >= 15 is 0 Å². The molecule has 5 rings (SSSR count).